The van der Waals surface area contributed by atoms with Gasteiger partial charge in [-0.2, -0.15) is 4.58 Å². The van der Waals surface area contributed by atoms with Crippen molar-refractivity contribution in [2.24, 2.45) is 0 Å². The van der Waals surface area contributed by atoms with Gasteiger partial charge in [0.15, 0.2) is 5.71 Å². The van der Waals surface area contributed by atoms with Crippen LogP contribution in [0, 0.1) is 0 Å². The molecule has 0 saturated heterocycles. The van der Waals surface area contributed by atoms with Crippen LogP contribution >= 0.6 is 0 Å². The van der Waals surface area contributed by atoms with Gasteiger partial charge in [0.2, 0.25) is 5.69 Å². The molecule has 0 fully saturated rings. The van der Waals surface area contributed by atoms with Crippen molar-refractivity contribution in [1.29, 1.82) is 0 Å². The van der Waals surface area contributed by atoms with Gasteiger partial charge < -0.3 is 10.2 Å². The molecule has 0 unspecified atom stereocenters. The Morgan fingerprint density at radius 1 is 0.773 bits per heavy atom. The molecule has 3 aromatic carbocycles. The molecule has 0 radical (unpaired) electrons. The average molecular weight is 583 g/mol. The molecule has 0 spiro atoms. The van der Waals surface area contributed by atoms with Gasteiger partial charge in [-0.05, 0) is 81.4 Å². The van der Waals surface area contributed by atoms with E-state index in [1.807, 2.05) is 0 Å². The first-order valence-corrected chi connectivity index (χ1v) is 16.5. The minimum Gasteiger partial charge on any atom is -0.381 e. The summed E-state index contributed by atoms with van der Waals surface area (Å²) in [7, 11) is 0. The molecule has 1 N–H and O–H groups in total. The zero-order valence-electron chi connectivity index (χ0n) is 27.5. The van der Waals surface area contributed by atoms with Gasteiger partial charge in [-0.15, -0.1) is 0 Å². The Hall–Kier alpha value is -4.11. The van der Waals surface area contributed by atoms with Crippen LogP contribution in [0.2, 0.25) is 0 Å². The van der Waals surface area contributed by atoms with Crippen LogP contribution in [-0.2, 0) is 17.4 Å². The SMILES string of the molecule is CCN1/C(=C/C=C2\CCCC(/C=C/C3=[N+](CC)c4ccccc4C3(C)C)=C2NCc2ccccc2)C(C)(C)c2ccccc21. The molecule has 3 aliphatic rings. The minimum absolute atomic E-state index is 0.0360. The van der Waals surface area contributed by atoms with E-state index in [1.165, 1.54) is 56.3 Å². The number of hydrogen-bond donors (Lipinski definition) is 1. The largest absolute Gasteiger partial charge is 0.381 e. The predicted molar refractivity (Wildman–Crippen MR) is 187 cm³/mol. The lowest BCUT2D eigenvalue weighted by Crippen LogP contribution is -2.27. The number of rotatable bonds is 8. The van der Waals surface area contributed by atoms with Crippen molar-refractivity contribution in [2.75, 3.05) is 18.0 Å². The Bertz CT molecular complexity index is 1690. The third-order valence-electron chi connectivity index (χ3n) is 9.96. The molecule has 44 heavy (non-hydrogen) atoms. The number of hydrogen-bond acceptors (Lipinski definition) is 2. The first kappa shape index (κ1) is 29.9. The quantitative estimate of drug-likeness (QED) is 0.267. The van der Waals surface area contributed by atoms with Gasteiger partial charge in [-0.25, -0.2) is 0 Å². The van der Waals surface area contributed by atoms with Crippen LogP contribution in [0.25, 0.3) is 0 Å². The summed E-state index contributed by atoms with van der Waals surface area (Å²) in [4.78, 5) is 2.49. The fraction of sp³-hybridized carbons (Fsp3) is 0.341. The molecule has 0 amide bonds. The Labute approximate surface area is 265 Å². The van der Waals surface area contributed by atoms with Crippen LogP contribution in [0.1, 0.15) is 77.5 Å². The van der Waals surface area contributed by atoms with Crippen molar-refractivity contribution in [1.82, 2.24) is 5.32 Å². The monoisotopic (exact) mass is 582 g/mol. The summed E-state index contributed by atoms with van der Waals surface area (Å²) in [6.07, 6.45) is 12.9. The lowest BCUT2D eigenvalue weighted by Gasteiger charge is -2.27. The van der Waals surface area contributed by atoms with Crippen LogP contribution in [0.4, 0.5) is 11.4 Å². The van der Waals surface area contributed by atoms with E-state index in [-0.39, 0.29) is 10.8 Å². The molecule has 0 aromatic heterocycles. The predicted octanol–water partition coefficient (Wildman–Crippen LogP) is 9.49. The Balaban J connectivity index is 1.41. The normalized spacial score (nSPS) is 20.6. The number of nitrogens with one attached hydrogen (secondary N) is 1. The van der Waals surface area contributed by atoms with E-state index in [9.17, 15) is 0 Å². The van der Waals surface area contributed by atoms with Crippen molar-refractivity contribution in [3.05, 3.63) is 142 Å². The lowest BCUT2D eigenvalue weighted by atomic mass is 9.81. The molecular weight excluding hydrogens is 534 g/mol. The molecule has 3 aromatic rings. The number of allylic oxidation sites excluding steroid dienone is 7. The maximum absolute atomic E-state index is 3.91. The summed E-state index contributed by atoms with van der Waals surface area (Å²) in [6, 6.07) is 28.6. The first-order chi connectivity index (χ1) is 21.3. The van der Waals surface area contributed by atoms with Gasteiger partial charge in [-0.1, -0.05) is 92.7 Å². The van der Waals surface area contributed by atoms with Gasteiger partial charge in [0.05, 0.1) is 5.41 Å². The second-order valence-corrected chi connectivity index (χ2v) is 13.3. The molecule has 3 nitrogen and oxygen atoms in total. The van der Waals surface area contributed by atoms with Gasteiger partial charge in [0, 0.05) is 53.3 Å². The number of likely N-dealkylation sites (N-methyl/N-ethyl adjacent to an activating group) is 1. The van der Waals surface area contributed by atoms with Crippen LogP contribution < -0.4 is 10.2 Å². The Morgan fingerprint density at radius 3 is 2.23 bits per heavy atom. The fourth-order valence-corrected chi connectivity index (χ4v) is 7.59. The van der Waals surface area contributed by atoms with Gasteiger partial charge in [0.25, 0.3) is 0 Å². The van der Waals surface area contributed by atoms with E-state index in [2.05, 4.69) is 160 Å². The molecule has 226 valence electrons. The fourth-order valence-electron chi connectivity index (χ4n) is 7.59. The Kier molecular flexibility index (Phi) is 8.24. The molecule has 6 rings (SSSR count). The second-order valence-electron chi connectivity index (χ2n) is 13.3. The number of benzene rings is 3. The van der Waals surface area contributed by atoms with E-state index in [4.69, 9.17) is 0 Å². The first-order valence-electron chi connectivity index (χ1n) is 16.5. The van der Waals surface area contributed by atoms with Crippen molar-refractivity contribution >= 4 is 17.1 Å². The maximum Gasteiger partial charge on any atom is 0.209 e. The highest BCUT2D eigenvalue weighted by molar-refractivity contribution is 6.03. The summed E-state index contributed by atoms with van der Waals surface area (Å²) in [5, 5.41) is 3.91. The second kappa shape index (κ2) is 12.1. The van der Waals surface area contributed by atoms with Crippen molar-refractivity contribution < 1.29 is 4.58 Å². The van der Waals surface area contributed by atoms with Gasteiger partial charge in [-0.3, -0.25) is 0 Å². The molecule has 1 aliphatic carbocycles. The summed E-state index contributed by atoms with van der Waals surface area (Å²) in [5.74, 6) is 0. The maximum atomic E-state index is 3.91. The Morgan fingerprint density at radius 2 is 1.48 bits per heavy atom. The summed E-state index contributed by atoms with van der Waals surface area (Å²) in [6.45, 7) is 16.7. The van der Waals surface area contributed by atoms with E-state index >= 15 is 0 Å². The molecule has 0 saturated carbocycles. The smallest absolute Gasteiger partial charge is 0.209 e. The molecular formula is C41H48N3+. The van der Waals surface area contributed by atoms with E-state index in [0.29, 0.717) is 0 Å². The molecule has 0 bridgehead atoms. The van der Waals surface area contributed by atoms with E-state index in [0.717, 1.165) is 38.9 Å². The van der Waals surface area contributed by atoms with Crippen molar-refractivity contribution in [3.63, 3.8) is 0 Å². The molecule has 2 aliphatic heterocycles. The highest BCUT2D eigenvalue weighted by Gasteiger charge is 2.43. The van der Waals surface area contributed by atoms with Crippen LogP contribution in [0.3, 0.4) is 0 Å². The zero-order chi connectivity index (χ0) is 30.9. The van der Waals surface area contributed by atoms with Crippen molar-refractivity contribution in [2.45, 2.75) is 78.2 Å². The molecule has 0 atom stereocenters. The molecule has 2 heterocycles. The van der Waals surface area contributed by atoms with E-state index in [1.54, 1.807) is 0 Å². The summed E-state index contributed by atoms with van der Waals surface area (Å²) < 4.78 is 2.49. The lowest BCUT2D eigenvalue weighted by molar-refractivity contribution is -0.433. The van der Waals surface area contributed by atoms with Crippen LogP contribution in [0.15, 0.2) is 126 Å². The van der Waals surface area contributed by atoms with Gasteiger partial charge >= 0.3 is 0 Å². The summed E-state index contributed by atoms with van der Waals surface area (Å²) in [5.41, 5.74) is 13.6. The van der Waals surface area contributed by atoms with Crippen LogP contribution in [0.5, 0.6) is 0 Å². The van der Waals surface area contributed by atoms with E-state index < -0.39 is 0 Å². The zero-order valence-corrected chi connectivity index (χ0v) is 27.5. The number of para-hydroxylation sites is 2. The standard InChI is InChI=1S/C41H47N3/c1-7-43-35-23-14-12-21-33(35)40(3,4)37(43)27-25-31-19-16-20-32(39(31)42-29-30-17-10-9-11-18-30)26-28-38-41(5,6)34-22-13-15-24-36(34)44(38)8-2/h9-15,17-18,21-28H,7-8,16,19-20,29H2,1-6H3/p+1/b31-25+,37-27+. The van der Waals surface area contributed by atoms with Crippen LogP contribution in [-0.4, -0.2) is 23.4 Å². The van der Waals surface area contributed by atoms with Crippen molar-refractivity contribution in [3.8, 4) is 0 Å². The topological polar surface area (TPSA) is 18.3 Å². The average Bonchev–Trinajstić information content (AvgIpc) is 3.40. The number of fused-ring (bicyclic) bond motifs is 2. The third kappa shape index (κ3) is 5.27. The minimum atomic E-state index is -0.0360. The number of nitrogens with zero attached hydrogens (tertiary/aromatic N) is 2. The molecule has 3 heteroatoms. The summed E-state index contributed by atoms with van der Waals surface area (Å²) >= 11 is 0. The third-order valence-corrected chi connectivity index (χ3v) is 9.96. The van der Waals surface area contributed by atoms with Gasteiger partial charge in [0.1, 0.15) is 6.54 Å². The number of anilines is 1. The highest BCUT2D eigenvalue weighted by atomic mass is 15.2. The highest BCUT2D eigenvalue weighted by Crippen LogP contribution is 2.47.